The zero-order valence-electron chi connectivity index (χ0n) is 8.41. The molecule has 0 atom stereocenters. The van der Waals surface area contributed by atoms with Gasteiger partial charge in [-0.1, -0.05) is 11.6 Å². The highest BCUT2D eigenvalue weighted by Gasteiger charge is 2.08. The number of hydrogen-bond donors (Lipinski definition) is 0. The van der Waals surface area contributed by atoms with Crippen molar-refractivity contribution < 1.29 is 18.3 Å². The van der Waals surface area contributed by atoms with Crippen LogP contribution >= 0.6 is 11.6 Å². The van der Waals surface area contributed by atoms with Crippen molar-refractivity contribution in [3.63, 3.8) is 0 Å². The Kier molecular flexibility index (Phi) is 4.43. The monoisotopic (exact) mass is 246 g/mol. The first-order chi connectivity index (χ1) is 7.49. The number of benzene rings is 1. The van der Waals surface area contributed by atoms with Crippen molar-refractivity contribution in [3.8, 4) is 5.75 Å². The Morgan fingerprint density at radius 3 is 2.75 bits per heavy atom. The molecular weight excluding hydrogens is 238 g/mol. The molecule has 0 bridgehead atoms. The summed E-state index contributed by atoms with van der Waals surface area (Å²) in [6.45, 7) is -1.56. The van der Waals surface area contributed by atoms with E-state index in [1.54, 1.807) is 0 Å². The smallest absolute Gasteiger partial charge is 0.387 e. The van der Waals surface area contributed by atoms with Crippen LogP contribution in [0, 0.1) is 0 Å². The van der Waals surface area contributed by atoms with E-state index < -0.39 is 6.61 Å². The third-order valence-electron chi connectivity index (χ3n) is 1.69. The Labute approximate surface area is 96.5 Å². The molecule has 0 amide bonds. The van der Waals surface area contributed by atoms with Gasteiger partial charge in [-0.2, -0.15) is 8.78 Å². The molecule has 5 heteroatoms. The lowest BCUT2D eigenvalue weighted by atomic mass is 10.2. The first kappa shape index (κ1) is 12.6. The molecule has 0 N–H and O–H groups in total. The first-order valence-electron chi connectivity index (χ1n) is 4.42. The summed E-state index contributed by atoms with van der Waals surface area (Å²) in [6, 6.07) is 4.21. The Balaban J connectivity index is 3.03. The van der Waals surface area contributed by atoms with Crippen molar-refractivity contribution in [1.29, 1.82) is 0 Å². The molecule has 1 rings (SSSR count). The molecule has 0 saturated carbocycles. The third kappa shape index (κ3) is 3.98. The summed E-state index contributed by atoms with van der Waals surface area (Å²) in [5, 5.41) is 0.379. The Morgan fingerprint density at radius 1 is 1.50 bits per heavy atom. The number of alkyl halides is 2. The Hall–Kier alpha value is -1.42. The van der Waals surface area contributed by atoms with Gasteiger partial charge in [-0.05, 0) is 37.3 Å². The summed E-state index contributed by atoms with van der Waals surface area (Å²) in [5.74, 6) is -0.208. The molecule has 0 radical (unpaired) electrons. The van der Waals surface area contributed by atoms with Gasteiger partial charge in [-0.15, -0.1) is 0 Å². The fourth-order valence-electron chi connectivity index (χ4n) is 1.06. The topological polar surface area (TPSA) is 26.3 Å². The van der Waals surface area contributed by atoms with Crippen molar-refractivity contribution in [3.05, 3.63) is 34.9 Å². The Morgan fingerprint density at radius 2 is 2.19 bits per heavy atom. The van der Waals surface area contributed by atoms with Crippen LogP contribution in [0.5, 0.6) is 5.75 Å². The summed E-state index contributed by atoms with van der Waals surface area (Å²) >= 11 is 5.71. The highest BCUT2D eigenvalue weighted by molar-refractivity contribution is 6.30. The second kappa shape index (κ2) is 5.61. The van der Waals surface area contributed by atoms with Gasteiger partial charge in [-0.25, -0.2) is 0 Å². The van der Waals surface area contributed by atoms with Crippen LogP contribution in [0.25, 0.3) is 6.08 Å². The maximum absolute atomic E-state index is 12.1. The van der Waals surface area contributed by atoms with Gasteiger partial charge in [0.1, 0.15) is 5.75 Å². The van der Waals surface area contributed by atoms with Crippen molar-refractivity contribution in [2.24, 2.45) is 0 Å². The van der Waals surface area contributed by atoms with E-state index in [-0.39, 0.29) is 11.5 Å². The molecule has 0 unspecified atom stereocenters. The van der Waals surface area contributed by atoms with Gasteiger partial charge in [0, 0.05) is 10.6 Å². The van der Waals surface area contributed by atoms with Crippen LogP contribution in [0.3, 0.4) is 0 Å². The number of allylic oxidation sites excluding steroid dienone is 1. The second-order valence-electron chi connectivity index (χ2n) is 3.00. The summed E-state index contributed by atoms with van der Waals surface area (Å²) in [6.07, 6.45) is 2.63. The lowest BCUT2D eigenvalue weighted by Crippen LogP contribution is -2.03. The zero-order chi connectivity index (χ0) is 12.1. The molecule has 16 heavy (non-hydrogen) atoms. The number of ketones is 1. The van der Waals surface area contributed by atoms with E-state index in [2.05, 4.69) is 4.74 Å². The van der Waals surface area contributed by atoms with Gasteiger partial charge in [0.05, 0.1) is 0 Å². The van der Waals surface area contributed by atoms with Crippen molar-refractivity contribution in [1.82, 2.24) is 0 Å². The average Bonchev–Trinajstić information content (AvgIpc) is 2.17. The van der Waals surface area contributed by atoms with Crippen LogP contribution in [0.2, 0.25) is 5.02 Å². The van der Waals surface area contributed by atoms with E-state index in [0.717, 1.165) is 0 Å². The van der Waals surface area contributed by atoms with Gasteiger partial charge < -0.3 is 4.74 Å². The minimum atomic E-state index is -2.91. The van der Waals surface area contributed by atoms with Crippen molar-refractivity contribution in [2.45, 2.75) is 13.5 Å². The molecule has 0 saturated heterocycles. The maximum atomic E-state index is 12.1. The molecule has 1 aromatic rings. The largest absolute Gasteiger partial charge is 0.434 e. The van der Waals surface area contributed by atoms with E-state index in [1.807, 2.05) is 0 Å². The predicted octanol–water partition coefficient (Wildman–Crippen LogP) is 3.54. The quantitative estimate of drug-likeness (QED) is 0.760. The molecule has 0 aliphatic carbocycles. The third-order valence-corrected chi connectivity index (χ3v) is 1.92. The van der Waals surface area contributed by atoms with Gasteiger partial charge in [0.15, 0.2) is 5.78 Å². The summed E-state index contributed by atoms with van der Waals surface area (Å²) in [7, 11) is 0. The second-order valence-corrected chi connectivity index (χ2v) is 3.44. The minimum absolute atomic E-state index is 0.0168. The van der Waals surface area contributed by atoms with Crippen LogP contribution in [-0.2, 0) is 4.79 Å². The summed E-state index contributed by atoms with van der Waals surface area (Å²) in [5.41, 5.74) is 0.336. The van der Waals surface area contributed by atoms with Crippen molar-refractivity contribution >= 4 is 23.5 Å². The van der Waals surface area contributed by atoms with Crippen LogP contribution in [0.4, 0.5) is 8.78 Å². The number of halogens is 3. The zero-order valence-corrected chi connectivity index (χ0v) is 9.17. The number of hydrogen-bond acceptors (Lipinski definition) is 2. The van der Waals surface area contributed by atoms with E-state index in [9.17, 15) is 13.6 Å². The molecule has 0 heterocycles. The lowest BCUT2D eigenvalue weighted by Gasteiger charge is -2.07. The fourth-order valence-corrected chi connectivity index (χ4v) is 1.24. The van der Waals surface area contributed by atoms with Gasteiger partial charge in [0.2, 0.25) is 0 Å². The van der Waals surface area contributed by atoms with E-state index in [4.69, 9.17) is 11.6 Å². The highest BCUT2D eigenvalue weighted by atomic mass is 35.5. The van der Waals surface area contributed by atoms with Crippen LogP contribution < -0.4 is 4.74 Å². The fraction of sp³-hybridized carbons (Fsp3) is 0.182. The summed E-state index contributed by atoms with van der Waals surface area (Å²) < 4.78 is 28.4. The van der Waals surface area contributed by atoms with Gasteiger partial charge in [-0.3, -0.25) is 4.79 Å². The van der Waals surface area contributed by atoms with E-state index >= 15 is 0 Å². The molecular formula is C11H9ClF2O2. The van der Waals surface area contributed by atoms with Gasteiger partial charge >= 0.3 is 6.61 Å². The molecule has 2 nitrogen and oxygen atoms in total. The van der Waals surface area contributed by atoms with E-state index in [1.165, 1.54) is 37.3 Å². The normalized spacial score (nSPS) is 11.1. The number of ether oxygens (including phenoxy) is 1. The van der Waals surface area contributed by atoms with E-state index in [0.29, 0.717) is 10.6 Å². The van der Waals surface area contributed by atoms with Crippen LogP contribution in [0.15, 0.2) is 24.3 Å². The van der Waals surface area contributed by atoms with Crippen LogP contribution in [-0.4, -0.2) is 12.4 Å². The predicted molar refractivity (Wildman–Crippen MR) is 57.8 cm³/mol. The van der Waals surface area contributed by atoms with Gasteiger partial charge in [0.25, 0.3) is 0 Å². The average molecular weight is 247 g/mol. The Bertz CT molecular complexity index is 416. The molecule has 0 aromatic heterocycles. The lowest BCUT2D eigenvalue weighted by molar-refractivity contribution is -0.112. The van der Waals surface area contributed by atoms with Crippen molar-refractivity contribution in [2.75, 3.05) is 0 Å². The minimum Gasteiger partial charge on any atom is -0.434 e. The number of rotatable bonds is 4. The standard InChI is InChI=1S/C11H9ClF2O2/c1-7(15)2-3-8-6-9(12)4-5-10(8)16-11(13)14/h2-6,11H,1H3/b3-2+. The molecule has 0 aliphatic heterocycles. The highest BCUT2D eigenvalue weighted by Crippen LogP contribution is 2.25. The molecule has 0 spiro atoms. The maximum Gasteiger partial charge on any atom is 0.387 e. The SMILES string of the molecule is CC(=O)/C=C/c1cc(Cl)ccc1OC(F)F. The number of carbonyl (C=O) groups excluding carboxylic acids is 1. The molecule has 1 aromatic carbocycles. The number of carbonyl (C=O) groups is 1. The molecule has 86 valence electrons. The molecule has 0 fully saturated rings. The molecule has 0 aliphatic rings. The van der Waals surface area contributed by atoms with Crippen LogP contribution in [0.1, 0.15) is 12.5 Å². The summed E-state index contributed by atoms with van der Waals surface area (Å²) in [4.78, 5) is 10.7. The first-order valence-corrected chi connectivity index (χ1v) is 4.80.